The van der Waals surface area contributed by atoms with E-state index in [4.69, 9.17) is 9.47 Å². The first-order chi connectivity index (χ1) is 13.2. The maximum absolute atomic E-state index is 12.8. The Labute approximate surface area is 157 Å². The summed E-state index contributed by atoms with van der Waals surface area (Å²) in [5, 5.41) is 6.38. The third-order valence-electron chi connectivity index (χ3n) is 4.53. The number of fused-ring (bicyclic) bond motifs is 1. The minimum atomic E-state index is -0.714. The first kappa shape index (κ1) is 17.0. The number of hydrogen-bond donors (Lipinski definition) is 2. The van der Waals surface area contributed by atoms with E-state index in [0.29, 0.717) is 11.4 Å². The van der Waals surface area contributed by atoms with Crippen LogP contribution in [-0.4, -0.2) is 19.1 Å². The van der Waals surface area contributed by atoms with Gasteiger partial charge in [0.05, 0.1) is 18.8 Å². The number of para-hydroxylation sites is 3. The molecule has 0 radical (unpaired) electrons. The highest BCUT2D eigenvalue weighted by Crippen LogP contribution is 2.34. The van der Waals surface area contributed by atoms with Crippen molar-refractivity contribution in [2.45, 2.75) is 12.1 Å². The summed E-state index contributed by atoms with van der Waals surface area (Å²) in [5.41, 5.74) is 2.53. The molecule has 0 bridgehead atoms. The molecule has 5 heteroatoms. The van der Waals surface area contributed by atoms with E-state index in [0.717, 1.165) is 17.0 Å². The summed E-state index contributed by atoms with van der Waals surface area (Å²) in [6.07, 6.45) is -0.714. The van der Waals surface area contributed by atoms with Crippen LogP contribution in [0.2, 0.25) is 0 Å². The highest BCUT2D eigenvalue weighted by Gasteiger charge is 2.35. The number of benzene rings is 3. The van der Waals surface area contributed by atoms with Crippen molar-refractivity contribution in [3.8, 4) is 11.5 Å². The lowest BCUT2D eigenvalue weighted by molar-refractivity contribution is -0.124. The topological polar surface area (TPSA) is 59.6 Å². The van der Waals surface area contributed by atoms with Crippen molar-refractivity contribution in [2.24, 2.45) is 0 Å². The molecule has 5 nitrogen and oxygen atoms in total. The molecular formula is C22H20N2O3. The molecule has 0 saturated heterocycles. The van der Waals surface area contributed by atoms with Crippen molar-refractivity contribution in [3.05, 3.63) is 84.4 Å². The summed E-state index contributed by atoms with van der Waals surface area (Å²) in [6.45, 7) is 0. The van der Waals surface area contributed by atoms with Gasteiger partial charge in [-0.05, 0) is 42.0 Å². The Morgan fingerprint density at radius 1 is 0.963 bits per heavy atom. The van der Waals surface area contributed by atoms with E-state index < -0.39 is 6.10 Å². The zero-order valence-electron chi connectivity index (χ0n) is 14.9. The van der Waals surface area contributed by atoms with Crippen LogP contribution in [0.5, 0.6) is 11.5 Å². The second-order valence-electron chi connectivity index (χ2n) is 6.29. The number of nitrogens with one attached hydrogen (secondary N) is 2. The van der Waals surface area contributed by atoms with Gasteiger partial charge < -0.3 is 20.1 Å². The van der Waals surface area contributed by atoms with Crippen LogP contribution in [0, 0.1) is 0 Å². The zero-order chi connectivity index (χ0) is 18.6. The number of hydrogen-bond acceptors (Lipinski definition) is 4. The van der Waals surface area contributed by atoms with Gasteiger partial charge in [0.2, 0.25) is 6.10 Å². The highest BCUT2D eigenvalue weighted by atomic mass is 16.5. The SMILES string of the molecule is COc1ccc(C(Nc2ccccc2)C2Oc3ccccc3NC2=O)cc1. The molecule has 0 aromatic heterocycles. The van der Waals surface area contributed by atoms with Gasteiger partial charge in [0, 0.05) is 5.69 Å². The Hall–Kier alpha value is -3.47. The summed E-state index contributed by atoms with van der Waals surface area (Å²) in [7, 11) is 1.63. The first-order valence-corrected chi connectivity index (χ1v) is 8.77. The molecular weight excluding hydrogens is 340 g/mol. The van der Waals surface area contributed by atoms with Crippen LogP contribution in [0.4, 0.5) is 11.4 Å². The molecule has 2 atom stereocenters. The molecule has 0 spiro atoms. The molecule has 0 saturated carbocycles. The number of ether oxygens (including phenoxy) is 2. The zero-order valence-corrected chi connectivity index (χ0v) is 14.9. The van der Waals surface area contributed by atoms with E-state index in [9.17, 15) is 4.79 Å². The smallest absolute Gasteiger partial charge is 0.268 e. The molecule has 27 heavy (non-hydrogen) atoms. The predicted octanol–water partition coefficient (Wildman–Crippen LogP) is 4.25. The van der Waals surface area contributed by atoms with Gasteiger partial charge in [-0.25, -0.2) is 0 Å². The lowest BCUT2D eigenvalue weighted by Gasteiger charge is -2.32. The summed E-state index contributed by atoms with van der Waals surface area (Å²) >= 11 is 0. The van der Waals surface area contributed by atoms with Crippen LogP contribution in [0.15, 0.2) is 78.9 Å². The Morgan fingerprint density at radius 3 is 2.41 bits per heavy atom. The van der Waals surface area contributed by atoms with Crippen molar-refractivity contribution in [2.75, 3.05) is 17.7 Å². The monoisotopic (exact) mass is 360 g/mol. The largest absolute Gasteiger partial charge is 0.497 e. The van der Waals surface area contributed by atoms with E-state index in [-0.39, 0.29) is 11.9 Å². The Bertz CT molecular complexity index is 926. The Morgan fingerprint density at radius 2 is 1.67 bits per heavy atom. The summed E-state index contributed by atoms with van der Waals surface area (Å²) in [5.74, 6) is 1.24. The van der Waals surface area contributed by atoms with E-state index in [1.54, 1.807) is 7.11 Å². The van der Waals surface area contributed by atoms with E-state index >= 15 is 0 Å². The molecule has 3 aromatic rings. The quantitative estimate of drug-likeness (QED) is 0.714. The van der Waals surface area contributed by atoms with Crippen LogP contribution in [-0.2, 0) is 4.79 Å². The second kappa shape index (κ2) is 7.41. The van der Waals surface area contributed by atoms with Crippen molar-refractivity contribution in [1.82, 2.24) is 0 Å². The molecule has 0 aliphatic carbocycles. The standard InChI is InChI=1S/C22H20N2O3/c1-26-17-13-11-15(12-14-17)20(23-16-7-3-2-4-8-16)21-22(25)24-18-9-5-6-10-19(18)27-21/h2-14,20-21,23H,1H3,(H,24,25). The average Bonchev–Trinajstić information content (AvgIpc) is 2.72. The van der Waals surface area contributed by atoms with Gasteiger partial charge in [-0.1, -0.05) is 42.5 Å². The molecule has 3 aromatic carbocycles. The van der Waals surface area contributed by atoms with E-state index in [1.807, 2.05) is 78.9 Å². The molecule has 1 heterocycles. The van der Waals surface area contributed by atoms with Gasteiger partial charge in [-0.3, -0.25) is 4.79 Å². The molecule has 1 aliphatic heterocycles. The van der Waals surface area contributed by atoms with Crippen LogP contribution in [0.1, 0.15) is 11.6 Å². The number of amides is 1. The molecule has 4 rings (SSSR count). The van der Waals surface area contributed by atoms with E-state index in [1.165, 1.54) is 0 Å². The third kappa shape index (κ3) is 3.58. The number of carbonyl (C=O) groups excluding carboxylic acids is 1. The fourth-order valence-corrected chi connectivity index (χ4v) is 3.15. The van der Waals surface area contributed by atoms with Crippen molar-refractivity contribution in [3.63, 3.8) is 0 Å². The van der Waals surface area contributed by atoms with Crippen molar-refractivity contribution in [1.29, 1.82) is 0 Å². The average molecular weight is 360 g/mol. The van der Waals surface area contributed by atoms with Crippen LogP contribution in [0.25, 0.3) is 0 Å². The summed E-state index contributed by atoms with van der Waals surface area (Å²) < 4.78 is 11.3. The fraction of sp³-hybridized carbons (Fsp3) is 0.136. The molecule has 0 fully saturated rings. The lowest BCUT2D eigenvalue weighted by atomic mass is 9.98. The van der Waals surface area contributed by atoms with Gasteiger partial charge >= 0.3 is 0 Å². The third-order valence-corrected chi connectivity index (χ3v) is 4.53. The molecule has 2 N–H and O–H groups in total. The number of anilines is 2. The lowest BCUT2D eigenvalue weighted by Crippen LogP contribution is -2.44. The maximum Gasteiger partial charge on any atom is 0.268 e. The predicted molar refractivity (Wildman–Crippen MR) is 105 cm³/mol. The number of rotatable bonds is 5. The van der Waals surface area contributed by atoms with Gasteiger partial charge in [-0.2, -0.15) is 0 Å². The maximum atomic E-state index is 12.8. The van der Waals surface area contributed by atoms with Crippen LogP contribution >= 0.6 is 0 Å². The normalized spacial score (nSPS) is 16.5. The number of methoxy groups -OCH3 is 1. The van der Waals surface area contributed by atoms with Crippen LogP contribution < -0.4 is 20.1 Å². The molecule has 1 aliphatic rings. The van der Waals surface area contributed by atoms with Crippen LogP contribution in [0.3, 0.4) is 0 Å². The molecule has 136 valence electrons. The van der Waals surface area contributed by atoms with Gasteiger partial charge in [0.15, 0.2) is 0 Å². The molecule has 2 unspecified atom stereocenters. The first-order valence-electron chi connectivity index (χ1n) is 8.77. The van der Waals surface area contributed by atoms with Gasteiger partial charge in [-0.15, -0.1) is 0 Å². The Kier molecular flexibility index (Phi) is 4.66. The Balaban J connectivity index is 1.69. The van der Waals surface area contributed by atoms with Crippen molar-refractivity contribution < 1.29 is 14.3 Å². The minimum absolute atomic E-state index is 0.182. The molecule has 1 amide bonds. The summed E-state index contributed by atoms with van der Waals surface area (Å²) in [4.78, 5) is 12.8. The summed E-state index contributed by atoms with van der Waals surface area (Å²) in [6, 6.07) is 24.5. The highest BCUT2D eigenvalue weighted by molar-refractivity contribution is 5.98. The second-order valence-corrected chi connectivity index (χ2v) is 6.29. The van der Waals surface area contributed by atoms with Gasteiger partial charge in [0.1, 0.15) is 11.5 Å². The van der Waals surface area contributed by atoms with E-state index in [2.05, 4.69) is 10.6 Å². The minimum Gasteiger partial charge on any atom is -0.497 e. The number of carbonyl (C=O) groups is 1. The van der Waals surface area contributed by atoms with Gasteiger partial charge in [0.25, 0.3) is 5.91 Å². The van der Waals surface area contributed by atoms with Crippen molar-refractivity contribution >= 4 is 17.3 Å². The fourth-order valence-electron chi connectivity index (χ4n) is 3.15.